The van der Waals surface area contributed by atoms with E-state index in [-0.39, 0.29) is 18.2 Å². The minimum atomic E-state index is -0.142. The molecule has 0 aliphatic rings. The van der Waals surface area contributed by atoms with E-state index in [1.165, 1.54) is 16.7 Å². The Hall–Kier alpha value is -3.82. The summed E-state index contributed by atoms with van der Waals surface area (Å²) in [6, 6.07) is 31.3. The molecule has 6 heteroatoms. The molecule has 31 heavy (non-hydrogen) atoms. The lowest BCUT2D eigenvalue weighted by atomic mass is 10.1. The third kappa shape index (κ3) is 4.85. The first-order valence-electron chi connectivity index (χ1n) is 9.82. The van der Waals surface area contributed by atoms with E-state index in [1.54, 1.807) is 0 Å². The molecule has 0 spiro atoms. The van der Waals surface area contributed by atoms with Gasteiger partial charge in [-0.2, -0.15) is 5.26 Å². The topological polar surface area (TPSA) is 72.8 Å². The molecule has 0 radical (unpaired) electrons. The van der Waals surface area contributed by atoms with E-state index < -0.39 is 0 Å². The number of carbonyl (C=O) groups excluding carboxylic acids is 1. The normalized spacial score (nSPS) is 10.4. The zero-order chi connectivity index (χ0) is 21.5. The molecule has 152 valence electrons. The fourth-order valence-electron chi connectivity index (χ4n) is 3.25. The lowest BCUT2D eigenvalue weighted by Gasteiger charge is -2.19. The molecule has 4 aromatic rings. The number of aromatic amines is 1. The number of thioether (sulfide) groups is 1. The second kappa shape index (κ2) is 9.79. The molecule has 1 aromatic heterocycles. The largest absolute Gasteiger partial charge is 0.332 e. The van der Waals surface area contributed by atoms with Crippen LogP contribution in [0.5, 0.6) is 0 Å². The monoisotopic (exact) mass is 424 g/mol. The zero-order valence-corrected chi connectivity index (χ0v) is 17.5. The Morgan fingerprint density at radius 2 is 1.48 bits per heavy atom. The molecule has 0 aliphatic carbocycles. The van der Waals surface area contributed by atoms with Gasteiger partial charge in [-0.1, -0.05) is 90.6 Å². The van der Waals surface area contributed by atoms with Gasteiger partial charge in [0.25, 0.3) is 0 Å². The number of benzene rings is 3. The Morgan fingerprint density at radius 1 is 0.903 bits per heavy atom. The Kier molecular flexibility index (Phi) is 6.46. The Bertz CT molecular complexity index is 1130. The fourth-order valence-corrected chi connectivity index (χ4v) is 3.99. The number of hydrogen-bond acceptors (Lipinski definition) is 4. The van der Waals surface area contributed by atoms with E-state index in [1.807, 2.05) is 91.0 Å². The highest BCUT2D eigenvalue weighted by Crippen LogP contribution is 2.32. The predicted octanol–water partition coefficient (Wildman–Crippen LogP) is 5.39. The standard InChI is InChI=1S/C25H20N4OS/c26-16-17-29(21-14-8-3-9-15-21)22(30)18-31-25-27-23(19-10-4-1-5-11-19)24(28-25)20-12-6-2-7-13-20/h1-15H,17-18H2,(H,27,28). The molecule has 0 atom stereocenters. The van der Waals surface area contributed by atoms with Gasteiger partial charge in [-0.25, -0.2) is 4.98 Å². The van der Waals surface area contributed by atoms with Crippen LogP contribution in [0.25, 0.3) is 22.5 Å². The highest BCUT2D eigenvalue weighted by atomic mass is 32.2. The fraction of sp³-hybridized carbons (Fsp3) is 0.0800. The summed E-state index contributed by atoms with van der Waals surface area (Å²) in [6.07, 6.45) is 0. The maximum absolute atomic E-state index is 12.9. The van der Waals surface area contributed by atoms with Crippen LogP contribution in [0.2, 0.25) is 0 Å². The first-order valence-corrected chi connectivity index (χ1v) is 10.8. The number of nitrogens with one attached hydrogen (secondary N) is 1. The molecular formula is C25H20N4OS. The van der Waals surface area contributed by atoms with Gasteiger partial charge >= 0.3 is 0 Å². The summed E-state index contributed by atoms with van der Waals surface area (Å²) >= 11 is 1.33. The van der Waals surface area contributed by atoms with Crippen molar-refractivity contribution in [1.29, 1.82) is 5.26 Å². The number of nitriles is 1. The molecule has 0 saturated heterocycles. The van der Waals surface area contributed by atoms with Gasteiger partial charge in [0, 0.05) is 16.8 Å². The Labute approximate surface area is 185 Å². The summed E-state index contributed by atoms with van der Waals surface area (Å²) in [5, 5.41) is 9.82. The zero-order valence-electron chi connectivity index (χ0n) is 16.7. The molecule has 0 fully saturated rings. The van der Waals surface area contributed by atoms with Crippen LogP contribution in [-0.2, 0) is 4.79 Å². The number of para-hydroxylation sites is 1. The van der Waals surface area contributed by atoms with Crippen LogP contribution in [0.1, 0.15) is 0 Å². The van der Waals surface area contributed by atoms with Crippen LogP contribution < -0.4 is 4.90 Å². The highest BCUT2D eigenvalue weighted by Gasteiger charge is 2.18. The number of hydrogen-bond donors (Lipinski definition) is 1. The number of amides is 1. The second-order valence-electron chi connectivity index (χ2n) is 6.76. The van der Waals surface area contributed by atoms with Crippen molar-refractivity contribution >= 4 is 23.4 Å². The Balaban J connectivity index is 1.58. The average Bonchev–Trinajstić information content (AvgIpc) is 3.27. The molecule has 1 N–H and O–H groups in total. The summed E-state index contributed by atoms with van der Waals surface area (Å²) in [7, 11) is 0. The van der Waals surface area contributed by atoms with Crippen molar-refractivity contribution in [2.24, 2.45) is 0 Å². The summed E-state index contributed by atoms with van der Waals surface area (Å²) in [5.74, 6) is 0.0312. The summed E-state index contributed by atoms with van der Waals surface area (Å²) in [4.78, 5) is 22.5. The van der Waals surface area contributed by atoms with E-state index >= 15 is 0 Å². The molecule has 3 aromatic carbocycles. The Morgan fingerprint density at radius 3 is 2.10 bits per heavy atom. The first-order chi connectivity index (χ1) is 15.3. The van der Waals surface area contributed by atoms with E-state index in [0.717, 1.165) is 22.5 Å². The van der Waals surface area contributed by atoms with Gasteiger partial charge in [-0.3, -0.25) is 9.69 Å². The maximum atomic E-state index is 12.9. The highest BCUT2D eigenvalue weighted by molar-refractivity contribution is 7.99. The maximum Gasteiger partial charge on any atom is 0.238 e. The number of aromatic nitrogens is 2. The summed E-state index contributed by atoms with van der Waals surface area (Å²) in [6.45, 7) is 0.00604. The van der Waals surface area contributed by atoms with Crippen molar-refractivity contribution in [3.8, 4) is 28.6 Å². The number of H-pyrrole nitrogens is 1. The molecule has 4 rings (SSSR count). The van der Waals surface area contributed by atoms with Crippen molar-refractivity contribution in [2.75, 3.05) is 17.2 Å². The van der Waals surface area contributed by atoms with Crippen molar-refractivity contribution in [3.05, 3.63) is 91.0 Å². The van der Waals surface area contributed by atoms with Crippen LogP contribution in [-0.4, -0.2) is 28.2 Å². The van der Waals surface area contributed by atoms with Gasteiger partial charge in [0.1, 0.15) is 6.54 Å². The second-order valence-corrected chi connectivity index (χ2v) is 7.72. The van der Waals surface area contributed by atoms with Crippen LogP contribution in [0.15, 0.2) is 96.2 Å². The number of anilines is 1. The minimum Gasteiger partial charge on any atom is -0.332 e. The lowest BCUT2D eigenvalue weighted by molar-refractivity contribution is -0.116. The molecular weight excluding hydrogens is 404 g/mol. The first kappa shape index (κ1) is 20.5. The predicted molar refractivity (Wildman–Crippen MR) is 125 cm³/mol. The van der Waals surface area contributed by atoms with Crippen LogP contribution >= 0.6 is 11.8 Å². The smallest absolute Gasteiger partial charge is 0.238 e. The van der Waals surface area contributed by atoms with E-state index in [0.29, 0.717) is 10.8 Å². The van der Waals surface area contributed by atoms with Gasteiger partial charge in [-0.15, -0.1) is 0 Å². The van der Waals surface area contributed by atoms with Gasteiger partial charge in [-0.05, 0) is 12.1 Å². The quantitative estimate of drug-likeness (QED) is 0.319. The van der Waals surface area contributed by atoms with Crippen molar-refractivity contribution in [2.45, 2.75) is 5.16 Å². The number of rotatable bonds is 7. The number of carbonyl (C=O) groups is 1. The third-order valence-corrected chi connectivity index (χ3v) is 5.58. The van der Waals surface area contributed by atoms with E-state index in [9.17, 15) is 4.79 Å². The SMILES string of the molecule is N#CCN(C(=O)CSc1nc(-c2ccccc2)c(-c2ccccc2)[nH]1)c1ccccc1. The minimum absolute atomic E-state index is 0.00604. The summed E-state index contributed by atoms with van der Waals surface area (Å²) < 4.78 is 0. The van der Waals surface area contributed by atoms with Crippen molar-refractivity contribution < 1.29 is 4.79 Å². The van der Waals surface area contributed by atoms with Gasteiger partial charge in [0.15, 0.2) is 5.16 Å². The van der Waals surface area contributed by atoms with Gasteiger partial charge < -0.3 is 4.98 Å². The van der Waals surface area contributed by atoms with Crippen LogP contribution in [0.3, 0.4) is 0 Å². The van der Waals surface area contributed by atoms with Crippen LogP contribution in [0.4, 0.5) is 5.69 Å². The molecule has 0 unspecified atom stereocenters. The number of imidazole rings is 1. The number of nitrogens with zero attached hydrogens (tertiary/aromatic N) is 3. The van der Waals surface area contributed by atoms with Gasteiger partial charge in [0.2, 0.25) is 5.91 Å². The average molecular weight is 425 g/mol. The van der Waals surface area contributed by atoms with Crippen LogP contribution in [0, 0.1) is 11.3 Å². The van der Waals surface area contributed by atoms with Gasteiger partial charge in [0.05, 0.1) is 23.2 Å². The van der Waals surface area contributed by atoms with Crippen molar-refractivity contribution in [1.82, 2.24) is 9.97 Å². The third-order valence-electron chi connectivity index (χ3n) is 4.72. The molecule has 1 heterocycles. The molecule has 0 aliphatic heterocycles. The molecule has 0 saturated carbocycles. The lowest BCUT2D eigenvalue weighted by Crippen LogP contribution is -2.32. The van der Waals surface area contributed by atoms with E-state index in [4.69, 9.17) is 10.2 Å². The molecule has 0 bridgehead atoms. The summed E-state index contributed by atoms with van der Waals surface area (Å²) in [5.41, 5.74) is 4.51. The molecule has 1 amide bonds. The van der Waals surface area contributed by atoms with E-state index in [2.05, 4.69) is 11.1 Å². The van der Waals surface area contributed by atoms with Crippen molar-refractivity contribution in [3.63, 3.8) is 0 Å². The molecule has 5 nitrogen and oxygen atoms in total.